The minimum Gasteiger partial charge on any atom is -0.420 e. The molecule has 3 aromatic rings. The lowest BCUT2D eigenvalue weighted by molar-refractivity contribution is 0.0698. The van der Waals surface area contributed by atoms with E-state index in [-0.39, 0.29) is 11.8 Å². The minimum absolute atomic E-state index is 0.00569. The van der Waals surface area contributed by atoms with Crippen LogP contribution in [0.2, 0.25) is 0 Å². The number of carbonyl (C=O) groups is 1. The highest BCUT2D eigenvalue weighted by Crippen LogP contribution is 2.29. The minimum atomic E-state index is -0.406. The van der Waals surface area contributed by atoms with E-state index >= 15 is 0 Å². The Hall–Kier alpha value is -2.54. The zero-order valence-electron chi connectivity index (χ0n) is 13.4. The molecule has 0 spiro atoms. The van der Waals surface area contributed by atoms with Crippen LogP contribution in [-0.4, -0.2) is 34.1 Å². The van der Waals surface area contributed by atoms with Gasteiger partial charge in [-0.2, -0.15) is 11.3 Å². The highest BCUT2D eigenvalue weighted by Gasteiger charge is 2.29. The molecule has 1 atom stereocenters. The number of thiophene rings is 1. The molecule has 4 rings (SSSR count). The summed E-state index contributed by atoms with van der Waals surface area (Å²) in [6, 6.07) is 7.72. The van der Waals surface area contributed by atoms with Crippen LogP contribution in [0.4, 0.5) is 4.39 Å². The smallest absolute Gasteiger partial charge is 0.253 e. The number of carbonyl (C=O) groups excluding carboxylic acids is 1. The van der Waals surface area contributed by atoms with E-state index in [0.29, 0.717) is 30.4 Å². The predicted octanol–water partition coefficient (Wildman–Crippen LogP) is 3.96. The molecule has 5 nitrogen and oxygen atoms in total. The van der Waals surface area contributed by atoms with Gasteiger partial charge in [-0.1, -0.05) is 6.07 Å². The summed E-state index contributed by atoms with van der Waals surface area (Å²) in [6.07, 6.45) is 1.74. The van der Waals surface area contributed by atoms with E-state index in [1.165, 1.54) is 12.1 Å². The maximum Gasteiger partial charge on any atom is 0.253 e. The van der Waals surface area contributed by atoms with Crippen molar-refractivity contribution in [2.75, 3.05) is 13.1 Å². The van der Waals surface area contributed by atoms with Crippen LogP contribution in [0.25, 0.3) is 11.5 Å². The maximum absolute atomic E-state index is 13.4. The summed E-state index contributed by atoms with van der Waals surface area (Å²) in [5, 5.41) is 12.2. The molecule has 1 aliphatic rings. The Balaban J connectivity index is 1.50. The first-order valence-corrected chi connectivity index (χ1v) is 9.06. The van der Waals surface area contributed by atoms with Crippen molar-refractivity contribution in [3.05, 3.63) is 58.4 Å². The average Bonchev–Trinajstić information content (AvgIpc) is 3.32. The van der Waals surface area contributed by atoms with Crippen LogP contribution in [-0.2, 0) is 0 Å². The number of likely N-dealkylation sites (tertiary alicyclic amines) is 1. The molecule has 0 bridgehead atoms. The van der Waals surface area contributed by atoms with Gasteiger partial charge in [-0.05, 0) is 42.5 Å². The monoisotopic (exact) mass is 357 g/mol. The molecule has 2 aromatic heterocycles. The van der Waals surface area contributed by atoms with Crippen molar-refractivity contribution in [2.24, 2.45) is 0 Å². The van der Waals surface area contributed by atoms with Gasteiger partial charge >= 0.3 is 0 Å². The molecular weight excluding hydrogens is 341 g/mol. The van der Waals surface area contributed by atoms with Gasteiger partial charge < -0.3 is 9.32 Å². The number of halogens is 1. The lowest BCUT2D eigenvalue weighted by Crippen LogP contribution is -2.39. The normalized spacial score (nSPS) is 17.6. The fourth-order valence-electron chi connectivity index (χ4n) is 3.07. The van der Waals surface area contributed by atoms with Gasteiger partial charge in [-0.25, -0.2) is 4.39 Å². The van der Waals surface area contributed by atoms with Gasteiger partial charge in [0.25, 0.3) is 5.91 Å². The third-order valence-corrected chi connectivity index (χ3v) is 5.02. The van der Waals surface area contributed by atoms with Crippen LogP contribution >= 0.6 is 11.3 Å². The molecule has 1 saturated heterocycles. The number of hydrogen-bond acceptors (Lipinski definition) is 5. The largest absolute Gasteiger partial charge is 0.420 e. The first-order valence-electron chi connectivity index (χ1n) is 8.11. The molecule has 3 heterocycles. The second-order valence-electron chi connectivity index (χ2n) is 6.06. The molecule has 1 unspecified atom stereocenters. The number of aromatic nitrogens is 2. The zero-order valence-corrected chi connectivity index (χ0v) is 14.2. The zero-order chi connectivity index (χ0) is 17.2. The van der Waals surface area contributed by atoms with Gasteiger partial charge in [0.15, 0.2) is 0 Å². The summed E-state index contributed by atoms with van der Waals surface area (Å²) < 4.78 is 19.2. The summed E-state index contributed by atoms with van der Waals surface area (Å²) in [5.74, 6) is 0.493. The van der Waals surface area contributed by atoms with Crippen molar-refractivity contribution in [1.29, 1.82) is 0 Å². The first-order chi connectivity index (χ1) is 12.2. The number of amides is 1. The fraction of sp³-hybridized carbons (Fsp3) is 0.278. The highest BCUT2D eigenvalue weighted by atomic mass is 32.1. The van der Waals surface area contributed by atoms with Crippen LogP contribution < -0.4 is 0 Å². The molecule has 1 amide bonds. The third-order valence-electron chi connectivity index (χ3n) is 4.34. The van der Waals surface area contributed by atoms with E-state index in [0.717, 1.165) is 18.4 Å². The van der Waals surface area contributed by atoms with Crippen LogP contribution in [0.3, 0.4) is 0 Å². The van der Waals surface area contributed by atoms with Crippen molar-refractivity contribution < 1.29 is 13.6 Å². The second-order valence-corrected chi connectivity index (χ2v) is 6.84. The molecular formula is C18H16FN3O2S. The summed E-state index contributed by atoms with van der Waals surface area (Å²) in [5.41, 5.74) is 1.28. The summed E-state index contributed by atoms with van der Waals surface area (Å²) in [6.45, 7) is 1.15. The Kier molecular flexibility index (Phi) is 4.31. The molecule has 7 heteroatoms. The number of hydrogen-bond donors (Lipinski definition) is 0. The van der Waals surface area contributed by atoms with Crippen molar-refractivity contribution >= 4 is 17.2 Å². The first kappa shape index (κ1) is 16.0. The SMILES string of the molecule is O=C(c1cccc(F)c1)N1CCCC(c2nnc(-c3ccsc3)o2)C1. The van der Waals surface area contributed by atoms with Crippen LogP contribution in [0, 0.1) is 5.82 Å². The molecule has 1 aromatic carbocycles. The molecule has 0 aliphatic carbocycles. The Morgan fingerprint density at radius 3 is 3.04 bits per heavy atom. The van der Waals surface area contributed by atoms with Crippen LogP contribution in [0.5, 0.6) is 0 Å². The number of benzene rings is 1. The molecule has 0 N–H and O–H groups in total. The summed E-state index contributed by atoms with van der Waals surface area (Å²) in [4.78, 5) is 14.3. The molecule has 128 valence electrons. The van der Waals surface area contributed by atoms with Crippen molar-refractivity contribution in [2.45, 2.75) is 18.8 Å². The van der Waals surface area contributed by atoms with Crippen molar-refractivity contribution in [3.63, 3.8) is 0 Å². The van der Waals surface area contributed by atoms with Crippen molar-refractivity contribution in [1.82, 2.24) is 15.1 Å². The van der Waals surface area contributed by atoms with Crippen molar-refractivity contribution in [3.8, 4) is 11.5 Å². The maximum atomic E-state index is 13.4. The summed E-state index contributed by atoms with van der Waals surface area (Å²) in [7, 11) is 0. The number of rotatable bonds is 3. The Morgan fingerprint density at radius 2 is 2.24 bits per heavy atom. The van der Waals surface area contributed by atoms with E-state index in [4.69, 9.17) is 4.42 Å². The molecule has 25 heavy (non-hydrogen) atoms. The van der Waals surface area contributed by atoms with Gasteiger partial charge in [-0.3, -0.25) is 4.79 Å². The lowest BCUT2D eigenvalue weighted by atomic mass is 9.97. The van der Waals surface area contributed by atoms with Gasteiger partial charge in [0.2, 0.25) is 11.8 Å². The fourth-order valence-corrected chi connectivity index (χ4v) is 3.70. The number of piperidine rings is 1. The van der Waals surface area contributed by atoms with Gasteiger partial charge in [0.05, 0.1) is 5.92 Å². The topological polar surface area (TPSA) is 59.2 Å². The Bertz CT molecular complexity index is 878. The third kappa shape index (κ3) is 3.32. The second kappa shape index (κ2) is 6.76. The summed E-state index contributed by atoms with van der Waals surface area (Å²) >= 11 is 1.57. The van der Waals surface area contributed by atoms with E-state index in [1.54, 1.807) is 28.4 Å². The van der Waals surface area contributed by atoms with Gasteiger partial charge in [0.1, 0.15) is 5.82 Å². The van der Waals surface area contributed by atoms with Crippen LogP contribution in [0.15, 0.2) is 45.5 Å². The van der Waals surface area contributed by atoms with E-state index in [2.05, 4.69) is 10.2 Å². The standard InChI is InChI=1S/C18H16FN3O2S/c19-15-5-1-3-12(9-15)18(23)22-7-2-4-13(10-22)16-20-21-17(24-16)14-6-8-25-11-14/h1,3,5-6,8-9,11,13H,2,4,7,10H2. The van der Waals surface area contributed by atoms with E-state index in [9.17, 15) is 9.18 Å². The average molecular weight is 357 g/mol. The van der Waals surface area contributed by atoms with E-state index < -0.39 is 5.82 Å². The molecule has 0 saturated carbocycles. The van der Waals surface area contributed by atoms with E-state index in [1.807, 2.05) is 16.8 Å². The van der Waals surface area contributed by atoms with Gasteiger partial charge in [-0.15, -0.1) is 10.2 Å². The molecule has 0 radical (unpaired) electrons. The molecule has 1 fully saturated rings. The Labute approximate surface area is 148 Å². The van der Waals surface area contributed by atoms with Gasteiger partial charge in [0, 0.05) is 29.6 Å². The quantitative estimate of drug-likeness (QED) is 0.712. The lowest BCUT2D eigenvalue weighted by Gasteiger charge is -2.31. The van der Waals surface area contributed by atoms with Crippen LogP contribution in [0.1, 0.15) is 35.0 Å². The highest BCUT2D eigenvalue weighted by molar-refractivity contribution is 7.08. The molecule has 1 aliphatic heterocycles. The predicted molar refractivity (Wildman–Crippen MR) is 91.9 cm³/mol. The Morgan fingerprint density at radius 1 is 1.32 bits per heavy atom. The number of nitrogens with zero attached hydrogens (tertiary/aromatic N) is 3.